The van der Waals surface area contributed by atoms with Crippen LogP contribution in [0.5, 0.6) is 0 Å². The van der Waals surface area contributed by atoms with Crippen LogP contribution in [0.25, 0.3) is 0 Å². The fraction of sp³-hybridized carbons (Fsp3) is 0.429. The molecule has 0 aromatic carbocycles. The molecule has 1 aromatic rings. The van der Waals surface area contributed by atoms with Crippen LogP contribution in [0.3, 0.4) is 0 Å². The summed E-state index contributed by atoms with van der Waals surface area (Å²) in [5, 5.41) is 2.73. The molecule has 1 N–H and O–H groups in total. The van der Waals surface area contributed by atoms with Gasteiger partial charge in [-0.15, -0.1) is 0 Å². The maximum absolute atomic E-state index is 11.1. The van der Waals surface area contributed by atoms with E-state index in [4.69, 9.17) is 0 Å². The van der Waals surface area contributed by atoms with E-state index in [9.17, 15) is 4.79 Å². The standard InChI is InChI=1S/C7H8BrN3O/c8-5-4-9-7-10-6(12)2-1-3-11(5)7/h4H,1-3H2,(H,9,10,12). The summed E-state index contributed by atoms with van der Waals surface area (Å²) in [5.41, 5.74) is 0. The molecule has 1 aromatic heterocycles. The number of hydrogen-bond donors (Lipinski definition) is 1. The second-order valence-corrected chi connectivity index (χ2v) is 3.52. The number of aromatic nitrogens is 2. The van der Waals surface area contributed by atoms with Gasteiger partial charge in [-0.2, -0.15) is 0 Å². The molecular weight excluding hydrogens is 222 g/mol. The molecule has 1 amide bonds. The maximum Gasteiger partial charge on any atom is 0.226 e. The van der Waals surface area contributed by atoms with E-state index in [-0.39, 0.29) is 5.91 Å². The zero-order valence-electron chi connectivity index (χ0n) is 6.38. The minimum atomic E-state index is 0.0480. The van der Waals surface area contributed by atoms with Gasteiger partial charge in [-0.25, -0.2) is 4.98 Å². The predicted molar refractivity (Wildman–Crippen MR) is 47.8 cm³/mol. The Labute approximate surface area is 78.1 Å². The number of anilines is 1. The molecule has 1 aliphatic heterocycles. The highest BCUT2D eigenvalue weighted by Crippen LogP contribution is 2.19. The average molecular weight is 230 g/mol. The van der Waals surface area contributed by atoms with Crippen molar-refractivity contribution in [1.82, 2.24) is 9.55 Å². The topological polar surface area (TPSA) is 46.9 Å². The molecule has 1 aliphatic rings. The van der Waals surface area contributed by atoms with E-state index in [1.165, 1.54) is 0 Å². The minimum Gasteiger partial charge on any atom is -0.305 e. The summed E-state index contributed by atoms with van der Waals surface area (Å²) in [7, 11) is 0. The summed E-state index contributed by atoms with van der Waals surface area (Å²) in [6.45, 7) is 0.842. The lowest BCUT2D eigenvalue weighted by Gasteiger charge is -2.02. The number of nitrogens with one attached hydrogen (secondary N) is 1. The van der Waals surface area contributed by atoms with Crippen LogP contribution in [0.15, 0.2) is 10.8 Å². The zero-order chi connectivity index (χ0) is 8.55. The lowest BCUT2D eigenvalue weighted by molar-refractivity contribution is -0.116. The molecule has 0 unspecified atom stereocenters. The number of nitrogens with zero attached hydrogens (tertiary/aromatic N) is 2. The van der Waals surface area contributed by atoms with Crippen LogP contribution in [0.1, 0.15) is 12.8 Å². The molecule has 0 bridgehead atoms. The minimum absolute atomic E-state index is 0.0480. The lowest BCUT2D eigenvalue weighted by Crippen LogP contribution is -2.10. The van der Waals surface area contributed by atoms with Gasteiger partial charge >= 0.3 is 0 Å². The summed E-state index contributed by atoms with van der Waals surface area (Å²) in [6.07, 6.45) is 3.14. The van der Waals surface area contributed by atoms with Crippen LogP contribution in [0.2, 0.25) is 0 Å². The number of amides is 1. The van der Waals surface area contributed by atoms with Crippen molar-refractivity contribution in [2.45, 2.75) is 19.4 Å². The molecule has 2 rings (SSSR count). The van der Waals surface area contributed by atoms with E-state index in [2.05, 4.69) is 26.2 Å². The highest BCUT2D eigenvalue weighted by Gasteiger charge is 2.14. The summed E-state index contributed by atoms with van der Waals surface area (Å²) in [6, 6.07) is 0. The molecule has 12 heavy (non-hydrogen) atoms. The van der Waals surface area contributed by atoms with Gasteiger partial charge in [0.05, 0.1) is 6.20 Å². The SMILES string of the molecule is O=C1CCCn2c(Br)cnc2N1. The first-order valence-corrected chi connectivity index (χ1v) is 4.57. The van der Waals surface area contributed by atoms with Crippen molar-refractivity contribution < 1.29 is 4.79 Å². The Bertz CT molecular complexity index is 320. The molecule has 0 radical (unpaired) electrons. The molecule has 0 saturated heterocycles. The summed E-state index contributed by atoms with van der Waals surface area (Å²) < 4.78 is 2.87. The van der Waals surface area contributed by atoms with Crippen LogP contribution in [-0.4, -0.2) is 15.5 Å². The van der Waals surface area contributed by atoms with Gasteiger partial charge in [0, 0.05) is 13.0 Å². The van der Waals surface area contributed by atoms with Gasteiger partial charge in [-0.05, 0) is 22.4 Å². The van der Waals surface area contributed by atoms with Gasteiger partial charge < -0.3 is 4.57 Å². The summed E-state index contributed by atoms with van der Waals surface area (Å²) in [5.74, 6) is 0.691. The van der Waals surface area contributed by atoms with Gasteiger partial charge in [0.15, 0.2) is 0 Å². The molecule has 64 valence electrons. The number of carbonyl (C=O) groups excluding carboxylic acids is 1. The molecule has 0 spiro atoms. The first kappa shape index (κ1) is 7.79. The molecule has 0 saturated carbocycles. The van der Waals surface area contributed by atoms with Crippen LogP contribution < -0.4 is 5.32 Å². The van der Waals surface area contributed by atoms with Gasteiger partial charge in [0.2, 0.25) is 11.9 Å². The number of rotatable bonds is 0. The third-order valence-electron chi connectivity index (χ3n) is 1.84. The van der Waals surface area contributed by atoms with Crippen LogP contribution in [0.4, 0.5) is 5.95 Å². The van der Waals surface area contributed by atoms with Crippen LogP contribution >= 0.6 is 15.9 Å². The van der Waals surface area contributed by atoms with E-state index in [1.807, 2.05) is 4.57 Å². The van der Waals surface area contributed by atoms with Crippen molar-refractivity contribution in [1.29, 1.82) is 0 Å². The zero-order valence-corrected chi connectivity index (χ0v) is 7.97. The van der Waals surface area contributed by atoms with Gasteiger partial charge in [0.25, 0.3) is 0 Å². The Hall–Kier alpha value is -0.840. The average Bonchev–Trinajstić information content (AvgIpc) is 2.31. The van der Waals surface area contributed by atoms with Crippen molar-refractivity contribution in [2.75, 3.05) is 5.32 Å². The van der Waals surface area contributed by atoms with Crippen LogP contribution in [0, 0.1) is 0 Å². The summed E-state index contributed by atoms with van der Waals surface area (Å²) >= 11 is 3.36. The Morgan fingerprint density at radius 2 is 2.50 bits per heavy atom. The monoisotopic (exact) mass is 229 g/mol. The van der Waals surface area contributed by atoms with Crippen molar-refractivity contribution in [3.63, 3.8) is 0 Å². The smallest absolute Gasteiger partial charge is 0.226 e. The third-order valence-corrected chi connectivity index (χ3v) is 2.48. The Morgan fingerprint density at radius 1 is 1.67 bits per heavy atom. The van der Waals surface area contributed by atoms with E-state index in [0.717, 1.165) is 17.6 Å². The fourth-order valence-corrected chi connectivity index (χ4v) is 1.70. The molecule has 4 nitrogen and oxygen atoms in total. The van der Waals surface area contributed by atoms with Gasteiger partial charge in [-0.3, -0.25) is 10.1 Å². The first-order valence-electron chi connectivity index (χ1n) is 3.78. The van der Waals surface area contributed by atoms with Gasteiger partial charge in [-0.1, -0.05) is 0 Å². The summed E-state index contributed by atoms with van der Waals surface area (Å²) in [4.78, 5) is 15.1. The number of hydrogen-bond acceptors (Lipinski definition) is 2. The number of carbonyl (C=O) groups is 1. The molecule has 5 heteroatoms. The van der Waals surface area contributed by atoms with Crippen molar-refractivity contribution >= 4 is 27.8 Å². The van der Waals surface area contributed by atoms with Crippen LogP contribution in [-0.2, 0) is 11.3 Å². The highest BCUT2D eigenvalue weighted by atomic mass is 79.9. The Morgan fingerprint density at radius 3 is 3.33 bits per heavy atom. The third kappa shape index (κ3) is 1.24. The van der Waals surface area contributed by atoms with Crippen molar-refractivity contribution in [2.24, 2.45) is 0 Å². The lowest BCUT2D eigenvalue weighted by atomic mass is 10.3. The quantitative estimate of drug-likeness (QED) is 0.731. The van der Waals surface area contributed by atoms with Crippen molar-refractivity contribution in [3.05, 3.63) is 10.8 Å². The molecule has 0 aliphatic carbocycles. The maximum atomic E-state index is 11.1. The first-order chi connectivity index (χ1) is 5.77. The van der Waals surface area contributed by atoms with E-state index in [1.54, 1.807) is 6.20 Å². The Kier molecular flexibility index (Phi) is 1.88. The fourth-order valence-electron chi connectivity index (χ4n) is 1.25. The van der Waals surface area contributed by atoms with Crippen molar-refractivity contribution in [3.8, 4) is 0 Å². The number of imidazole rings is 1. The second kappa shape index (κ2) is 2.90. The highest BCUT2D eigenvalue weighted by molar-refractivity contribution is 9.10. The molecular formula is C7H8BrN3O. The van der Waals surface area contributed by atoms with E-state index >= 15 is 0 Å². The normalized spacial score (nSPS) is 16.6. The van der Waals surface area contributed by atoms with E-state index in [0.29, 0.717) is 12.4 Å². The molecule has 0 fully saturated rings. The number of halogens is 1. The predicted octanol–water partition coefficient (Wildman–Crippen LogP) is 1.38. The second-order valence-electron chi connectivity index (χ2n) is 2.71. The molecule has 0 atom stereocenters. The largest absolute Gasteiger partial charge is 0.305 e. The number of fused-ring (bicyclic) bond motifs is 1. The van der Waals surface area contributed by atoms with Gasteiger partial charge in [0.1, 0.15) is 4.60 Å². The Balaban J connectivity index is 2.39. The van der Waals surface area contributed by atoms with E-state index < -0.39 is 0 Å². The molecule has 2 heterocycles.